The van der Waals surface area contributed by atoms with Crippen molar-refractivity contribution in [3.8, 4) is 0 Å². The summed E-state index contributed by atoms with van der Waals surface area (Å²) in [6.45, 7) is 7.72. The van der Waals surface area contributed by atoms with Gasteiger partial charge in [0.2, 0.25) is 17.7 Å². The Kier molecular flexibility index (Phi) is 13.2. The smallest absolute Gasteiger partial charge is 0.246 e. The van der Waals surface area contributed by atoms with Gasteiger partial charge in [-0.2, -0.15) is 0 Å². The molecule has 3 aromatic carbocycles. The molecule has 4 N–H and O–H groups in total. The van der Waals surface area contributed by atoms with E-state index in [1.165, 1.54) is 28.0 Å². The lowest BCUT2D eigenvalue weighted by Crippen LogP contribution is -2.56. The van der Waals surface area contributed by atoms with E-state index in [9.17, 15) is 23.9 Å². The maximum atomic E-state index is 14.4. The number of aliphatic hydroxyl groups is 1. The molecule has 0 heterocycles. The third-order valence-electron chi connectivity index (χ3n) is 9.17. The minimum Gasteiger partial charge on any atom is -0.396 e. The third-order valence-corrected chi connectivity index (χ3v) is 9.17. The maximum absolute atomic E-state index is 14.4. The van der Waals surface area contributed by atoms with Gasteiger partial charge in [0.05, 0.1) is 0 Å². The number of carbonyl (C=O) groups is 3. The molecule has 0 spiro atoms. The number of nitrogens with two attached hydrogens (primary N) is 1. The number of amides is 3. The molecule has 0 radical (unpaired) electrons. The fourth-order valence-electron chi connectivity index (χ4n) is 5.32. The van der Waals surface area contributed by atoms with Crippen molar-refractivity contribution in [1.29, 1.82) is 0 Å². The Balaban J connectivity index is 1.97. The monoisotopic (exact) mass is 646 g/mol. The van der Waals surface area contributed by atoms with Crippen molar-refractivity contribution in [2.24, 2.45) is 11.1 Å². The van der Waals surface area contributed by atoms with Crippen molar-refractivity contribution in [2.45, 2.75) is 77.4 Å². The van der Waals surface area contributed by atoms with Gasteiger partial charge in [-0.3, -0.25) is 14.4 Å². The first-order valence-corrected chi connectivity index (χ1v) is 16.3. The van der Waals surface area contributed by atoms with Gasteiger partial charge < -0.3 is 26.0 Å². The van der Waals surface area contributed by atoms with Crippen LogP contribution in [0.2, 0.25) is 0 Å². The van der Waals surface area contributed by atoms with E-state index in [0.717, 1.165) is 29.2 Å². The number of halogens is 1. The zero-order valence-electron chi connectivity index (χ0n) is 28.6. The van der Waals surface area contributed by atoms with E-state index < -0.39 is 40.7 Å². The number of nitrogens with zero attached hydrogens (tertiary/aromatic N) is 2. The second kappa shape index (κ2) is 16.7. The Morgan fingerprint density at radius 1 is 0.894 bits per heavy atom. The fourth-order valence-corrected chi connectivity index (χ4v) is 5.32. The number of fused-ring (bicyclic) bond motifs is 1. The highest BCUT2D eigenvalue weighted by molar-refractivity contribution is 5.95. The number of likely N-dealkylation sites (N-methyl/N-ethyl adjacent to an activating group) is 2. The van der Waals surface area contributed by atoms with Crippen LogP contribution in [0.4, 0.5) is 4.39 Å². The number of aliphatic hydroxyl groups excluding tert-OH is 1. The fraction of sp³-hybridized carbons (Fsp3) is 0.447. The molecule has 0 bridgehead atoms. The molecule has 0 aliphatic rings. The van der Waals surface area contributed by atoms with Crippen LogP contribution in [-0.4, -0.2) is 77.5 Å². The van der Waals surface area contributed by atoms with Crippen LogP contribution in [0.25, 0.3) is 10.8 Å². The van der Waals surface area contributed by atoms with E-state index in [1.807, 2.05) is 70.2 Å². The van der Waals surface area contributed by atoms with Crippen LogP contribution < -0.4 is 11.1 Å². The second-order valence-electron chi connectivity index (χ2n) is 13.4. The number of nitrogens with one attached hydrogen (secondary N) is 1. The van der Waals surface area contributed by atoms with E-state index in [0.29, 0.717) is 12.0 Å². The Labute approximate surface area is 278 Å². The summed E-state index contributed by atoms with van der Waals surface area (Å²) in [6.07, 6.45) is 5.62. The molecule has 0 unspecified atom stereocenters. The number of benzene rings is 3. The molecule has 2 atom stereocenters. The summed E-state index contributed by atoms with van der Waals surface area (Å²) in [5.41, 5.74) is 6.98. The quantitative estimate of drug-likeness (QED) is 0.189. The predicted molar refractivity (Wildman–Crippen MR) is 186 cm³/mol. The summed E-state index contributed by atoms with van der Waals surface area (Å²) >= 11 is 0. The topological polar surface area (TPSA) is 116 Å². The Bertz CT molecular complexity index is 1530. The highest BCUT2D eigenvalue weighted by Gasteiger charge is 2.35. The van der Waals surface area contributed by atoms with Crippen LogP contribution >= 0.6 is 0 Å². The van der Waals surface area contributed by atoms with E-state index in [4.69, 9.17) is 5.73 Å². The van der Waals surface area contributed by atoms with Gasteiger partial charge in [-0.25, -0.2) is 4.39 Å². The summed E-state index contributed by atoms with van der Waals surface area (Å²) in [6, 6.07) is 17.8. The molecular formula is C38H51FN4O4. The normalized spacial score (nSPS) is 13.4. The van der Waals surface area contributed by atoms with Crippen LogP contribution in [0.5, 0.6) is 0 Å². The number of rotatable bonds is 16. The van der Waals surface area contributed by atoms with Gasteiger partial charge in [0.25, 0.3) is 0 Å². The van der Waals surface area contributed by atoms with Crippen LogP contribution in [0.3, 0.4) is 0 Å². The number of hydrogen-bond acceptors (Lipinski definition) is 5. The molecule has 47 heavy (non-hydrogen) atoms. The maximum Gasteiger partial charge on any atom is 0.246 e. The molecule has 9 heteroatoms. The van der Waals surface area contributed by atoms with Crippen molar-refractivity contribution in [1.82, 2.24) is 15.1 Å². The van der Waals surface area contributed by atoms with Gasteiger partial charge >= 0.3 is 0 Å². The molecule has 3 rings (SSSR count). The van der Waals surface area contributed by atoms with E-state index >= 15 is 0 Å². The lowest BCUT2D eigenvalue weighted by molar-refractivity contribution is -0.146. The van der Waals surface area contributed by atoms with Gasteiger partial charge in [-0.1, -0.05) is 88.4 Å². The first kappa shape index (κ1) is 37.4. The zero-order chi connectivity index (χ0) is 34.8. The summed E-state index contributed by atoms with van der Waals surface area (Å²) in [4.78, 5) is 44.5. The largest absolute Gasteiger partial charge is 0.396 e. The van der Waals surface area contributed by atoms with E-state index in [1.54, 1.807) is 32.3 Å². The zero-order valence-corrected chi connectivity index (χ0v) is 28.6. The summed E-state index contributed by atoms with van der Waals surface area (Å²) in [5, 5.41) is 14.7. The van der Waals surface area contributed by atoms with Crippen LogP contribution in [-0.2, 0) is 27.2 Å². The minimum absolute atomic E-state index is 0.126. The highest BCUT2D eigenvalue weighted by Crippen LogP contribution is 2.21. The minimum atomic E-state index is -0.965. The molecule has 0 fully saturated rings. The number of hydrogen-bond donors (Lipinski definition) is 3. The van der Waals surface area contributed by atoms with Gasteiger partial charge in [-0.05, 0) is 59.4 Å². The van der Waals surface area contributed by atoms with Gasteiger partial charge in [0.15, 0.2) is 0 Å². The van der Waals surface area contributed by atoms with Crippen LogP contribution in [0, 0.1) is 11.2 Å². The van der Waals surface area contributed by atoms with Crippen molar-refractivity contribution < 1.29 is 23.9 Å². The van der Waals surface area contributed by atoms with E-state index in [-0.39, 0.29) is 31.9 Å². The first-order chi connectivity index (χ1) is 22.2. The standard InChI is InChI=1S/C38H51FN4O4/c1-7-38(40,8-2)21-11-14-34(45)42(5)33(24-28-15-18-29-12-9-10-13-30(29)22-28)36(47)43(6)32(23-27-16-19-31(39)20-17-27)35(46)41-25-37(3,4)26-44/h9-20,22,32-33,44H,7-8,21,23-26,40H2,1-6H3,(H,41,46)/t32-,33-/m1/s1. The SMILES string of the molecule is CCC(N)(CC)CC=CC(=O)N(C)[C@H](Cc1ccc2ccccc2c1)C(=O)N(C)[C@H](Cc1ccc(F)cc1)C(=O)NCC(C)(C)CO. The molecule has 0 aliphatic heterocycles. The van der Waals surface area contributed by atoms with Crippen LogP contribution in [0.15, 0.2) is 78.9 Å². The molecule has 0 saturated heterocycles. The van der Waals surface area contributed by atoms with Gasteiger partial charge in [0.1, 0.15) is 17.9 Å². The van der Waals surface area contributed by atoms with E-state index in [2.05, 4.69) is 5.32 Å². The number of carbonyl (C=O) groups excluding carboxylic acids is 3. The highest BCUT2D eigenvalue weighted by atomic mass is 19.1. The molecular weight excluding hydrogens is 595 g/mol. The van der Waals surface area contributed by atoms with Crippen molar-refractivity contribution in [2.75, 3.05) is 27.2 Å². The molecule has 3 amide bonds. The second-order valence-corrected chi connectivity index (χ2v) is 13.4. The van der Waals surface area contributed by atoms with Gasteiger partial charge in [-0.15, -0.1) is 0 Å². The molecule has 0 aliphatic carbocycles. The average Bonchev–Trinajstić information content (AvgIpc) is 3.08. The molecule has 8 nitrogen and oxygen atoms in total. The Morgan fingerprint density at radius 2 is 1.49 bits per heavy atom. The van der Waals surface area contributed by atoms with Crippen molar-refractivity contribution >= 4 is 28.5 Å². The van der Waals surface area contributed by atoms with Crippen molar-refractivity contribution in [3.05, 3.63) is 95.8 Å². The predicted octanol–water partition coefficient (Wildman–Crippen LogP) is 5.02. The molecule has 254 valence electrons. The average molecular weight is 647 g/mol. The van der Waals surface area contributed by atoms with Crippen molar-refractivity contribution in [3.63, 3.8) is 0 Å². The summed E-state index contributed by atoms with van der Waals surface area (Å²) in [5.74, 6) is -1.58. The Morgan fingerprint density at radius 3 is 2.11 bits per heavy atom. The molecule has 3 aromatic rings. The lowest BCUT2D eigenvalue weighted by Gasteiger charge is -2.35. The summed E-state index contributed by atoms with van der Waals surface area (Å²) < 4.78 is 13.7. The van der Waals surface area contributed by atoms with Gasteiger partial charge in [0, 0.05) is 51.0 Å². The van der Waals surface area contributed by atoms with Crippen LogP contribution in [0.1, 0.15) is 58.1 Å². The lowest BCUT2D eigenvalue weighted by atomic mass is 9.90. The molecule has 0 aromatic heterocycles. The summed E-state index contributed by atoms with van der Waals surface area (Å²) in [7, 11) is 3.15. The molecule has 0 saturated carbocycles. The first-order valence-electron chi connectivity index (χ1n) is 16.3. The Hall–Kier alpha value is -4.08. The third kappa shape index (κ3) is 10.5.